The Labute approximate surface area is 142 Å². The first kappa shape index (κ1) is 15.6. The van der Waals surface area contributed by atoms with E-state index >= 15 is 0 Å². The van der Waals surface area contributed by atoms with Crippen molar-refractivity contribution in [3.8, 4) is 11.1 Å². The van der Waals surface area contributed by atoms with Crippen LogP contribution in [-0.2, 0) is 0 Å². The fourth-order valence-corrected chi connectivity index (χ4v) is 3.02. The first-order valence-electron chi connectivity index (χ1n) is 7.75. The Morgan fingerprint density at radius 1 is 0.917 bits per heavy atom. The van der Waals surface area contributed by atoms with Crippen molar-refractivity contribution in [3.05, 3.63) is 88.6 Å². The third kappa shape index (κ3) is 2.39. The maximum absolute atomic E-state index is 7.54. The standard InChI is InChI=1S/C20H18N4/c1-14-11-12-17(16-9-7-6-8-10-16)13-18(14)24-15(2)23(5)19(21-3)20(24)22-4/h6-13,15H,1-2,5H3/t15-/m0/s1. The smallest absolute Gasteiger partial charge is 0.253 e. The number of hydrogen-bond donors (Lipinski definition) is 0. The van der Waals surface area contributed by atoms with Crippen LogP contribution >= 0.6 is 0 Å². The van der Waals surface area contributed by atoms with Crippen LogP contribution in [0.5, 0.6) is 0 Å². The zero-order chi connectivity index (χ0) is 17.3. The van der Waals surface area contributed by atoms with Gasteiger partial charge in [-0.3, -0.25) is 4.90 Å². The molecule has 0 amide bonds. The molecule has 0 saturated heterocycles. The lowest BCUT2D eigenvalue weighted by Crippen LogP contribution is -2.35. The van der Waals surface area contributed by atoms with Crippen molar-refractivity contribution < 1.29 is 0 Å². The van der Waals surface area contributed by atoms with Gasteiger partial charge in [-0.2, -0.15) is 0 Å². The molecule has 0 spiro atoms. The second kappa shape index (κ2) is 6.10. The minimum atomic E-state index is -0.0667. The predicted octanol–water partition coefficient (Wildman–Crippen LogP) is 4.73. The summed E-state index contributed by atoms with van der Waals surface area (Å²) in [5.41, 5.74) is 4.30. The average Bonchev–Trinajstić information content (AvgIpc) is 2.86. The fraction of sp³-hybridized carbons (Fsp3) is 0.200. The monoisotopic (exact) mass is 314 g/mol. The lowest BCUT2D eigenvalue weighted by atomic mass is 10.0. The van der Waals surface area contributed by atoms with Crippen LogP contribution in [0.15, 0.2) is 60.2 Å². The predicted molar refractivity (Wildman–Crippen MR) is 96.5 cm³/mol. The quantitative estimate of drug-likeness (QED) is 0.745. The Kier molecular flexibility index (Phi) is 3.98. The van der Waals surface area contributed by atoms with E-state index in [0.29, 0.717) is 11.6 Å². The van der Waals surface area contributed by atoms with Gasteiger partial charge in [0, 0.05) is 6.92 Å². The third-order valence-electron chi connectivity index (χ3n) is 4.48. The van der Waals surface area contributed by atoms with Gasteiger partial charge in [-0.05, 0) is 29.7 Å². The largest absolute Gasteiger partial charge is 0.374 e. The molecule has 0 fully saturated rings. The summed E-state index contributed by atoms with van der Waals surface area (Å²) < 4.78 is 0. The molecule has 2 aromatic rings. The van der Waals surface area contributed by atoms with Crippen LogP contribution in [0.2, 0.25) is 0 Å². The highest BCUT2D eigenvalue weighted by atomic mass is 15.5. The molecule has 0 bridgehead atoms. The molecule has 1 heterocycles. The highest BCUT2D eigenvalue weighted by molar-refractivity contribution is 5.73. The summed E-state index contributed by atoms with van der Waals surface area (Å²) in [6, 6.07) is 16.4. The van der Waals surface area contributed by atoms with Crippen LogP contribution in [0, 0.1) is 20.1 Å². The lowest BCUT2D eigenvalue weighted by molar-refractivity contribution is 0.364. The number of anilines is 1. The van der Waals surface area contributed by atoms with Crippen molar-refractivity contribution in [1.82, 2.24) is 4.90 Å². The van der Waals surface area contributed by atoms with Gasteiger partial charge in [-0.25, -0.2) is 0 Å². The van der Waals surface area contributed by atoms with Crippen molar-refractivity contribution in [2.75, 3.05) is 11.9 Å². The second-order valence-electron chi connectivity index (χ2n) is 5.85. The molecular weight excluding hydrogens is 296 g/mol. The Hall–Kier alpha value is -3.24. The lowest BCUT2D eigenvalue weighted by Gasteiger charge is -2.24. The normalized spacial score (nSPS) is 17.0. The number of aryl methyl sites for hydroxylation is 1. The molecular formula is C20H18N4. The van der Waals surface area contributed by atoms with E-state index in [1.807, 2.05) is 48.9 Å². The summed E-state index contributed by atoms with van der Waals surface area (Å²) >= 11 is 0. The van der Waals surface area contributed by atoms with E-state index in [9.17, 15) is 0 Å². The second-order valence-corrected chi connectivity index (χ2v) is 5.85. The molecule has 0 N–H and O–H groups in total. The zero-order valence-corrected chi connectivity index (χ0v) is 14.0. The van der Waals surface area contributed by atoms with Crippen LogP contribution in [0.1, 0.15) is 12.5 Å². The van der Waals surface area contributed by atoms with Crippen LogP contribution in [-0.4, -0.2) is 18.1 Å². The molecule has 0 saturated carbocycles. The molecule has 3 rings (SSSR count). The molecule has 4 nitrogen and oxygen atoms in total. The minimum Gasteiger partial charge on any atom is -0.374 e. The van der Waals surface area contributed by atoms with E-state index in [1.165, 1.54) is 0 Å². The van der Waals surface area contributed by atoms with Crippen molar-refractivity contribution in [3.63, 3.8) is 0 Å². The highest BCUT2D eigenvalue weighted by Gasteiger charge is 2.39. The van der Waals surface area contributed by atoms with Crippen molar-refractivity contribution in [1.29, 1.82) is 0 Å². The molecule has 1 aliphatic heterocycles. The Morgan fingerprint density at radius 2 is 1.58 bits per heavy atom. The van der Waals surface area contributed by atoms with Gasteiger partial charge < -0.3 is 14.6 Å². The first-order chi connectivity index (χ1) is 11.6. The van der Waals surface area contributed by atoms with Gasteiger partial charge in [-0.15, -0.1) is 0 Å². The maximum Gasteiger partial charge on any atom is 0.253 e. The Bertz CT molecular complexity index is 884. The van der Waals surface area contributed by atoms with E-state index in [0.717, 1.165) is 22.4 Å². The summed E-state index contributed by atoms with van der Waals surface area (Å²) in [5.74, 6) is 0.801. The molecule has 0 aliphatic carbocycles. The van der Waals surface area contributed by atoms with Crippen LogP contribution in [0.4, 0.5) is 5.69 Å². The first-order valence-corrected chi connectivity index (χ1v) is 7.75. The molecule has 4 heteroatoms. The van der Waals surface area contributed by atoms with Crippen molar-refractivity contribution >= 4 is 5.69 Å². The summed E-state index contributed by atoms with van der Waals surface area (Å²) in [7, 11) is 1.86. The van der Waals surface area contributed by atoms with E-state index in [4.69, 9.17) is 13.1 Å². The van der Waals surface area contributed by atoms with E-state index in [1.54, 1.807) is 0 Å². The zero-order valence-electron chi connectivity index (χ0n) is 14.0. The highest BCUT2D eigenvalue weighted by Crippen LogP contribution is 2.38. The van der Waals surface area contributed by atoms with Gasteiger partial charge in [0.15, 0.2) is 0 Å². The molecule has 1 atom stereocenters. The number of nitrogens with zero attached hydrogens (tertiary/aromatic N) is 4. The van der Waals surface area contributed by atoms with Crippen LogP contribution < -0.4 is 4.90 Å². The van der Waals surface area contributed by atoms with Crippen molar-refractivity contribution in [2.45, 2.75) is 20.0 Å². The fourth-order valence-electron chi connectivity index (χ4n) is 3.02. The molecule has 24 heavy (non-hydrogen) atoms. The molecule has 118 valence electrons. The average molecular weight is 314 g/mol. The van der Waals surface area contributed by atoms with Crippen LogP contribution in [0.25, 0.3) is 20.8 Å². The van der Waals surface area contributed by atoms with Gasteiger partial charge in [0.2, 0.25) is 12.0 Å². The molecule has 1 aliphatic rings. The number of rotatable bonds is 2. The molecule has 0 aromatic heterocycles. The summed E-state index contributed by atoms with van der Waals surface area (Å²) in [6.45, 7) is 19.0. The number of benzene rings is 2. The van der Waals surface area contributed by atoms with Gasteiger partial charge in [0.1, 0.15) is 5.69 Å². The van der Waals surface area contributed by atoms with Gasteiger partial charge in [-0.1, -0.05) is 55.6 Å². The third-order valence-corrected chi connectivity index (χ3v) is 4.48. The van der Waals surface area contributed by atoms with Gasteiger partial charge >= 0.3 is 0 Å². The minimum absolute atomic E-state index is 0.0667. The molecule has 2 aromatic carbocycles. The summed E-state index contributed by atoms with van der Waals surface area (Å²) in [6.07, 6.45) is -0.0667. The van der Waals surface area contributed by atoms with E-state index in [-0.39, 0.29) is 6.17 Å². The summed E-state index contributed by atoms with van der Waals surface area (Å²) in [5, 5.41) is 0. The maximum atomic E-state index is 7.54. The SMILES string of the molecule is [C-]#[N+]C1=C([N+]#[C-])N(c2cc(-c3ccccc3)ccc2C)[C@@H](C)N1C. The van der Waals surface area contributed by atoms with Gasteiger partial charge in [0.25, 0.3) is 5.82 Å². The van der Waals surface area contributed by atoms with Crippen molar-refractivity contribution in [2.24, 2.45) is 0 Å². The number of hydrogen-bond acceptors (Lipinski definition) is 2. The topological polar surface area (TPSA) is 15.2 Å². The Morgan fingerprint density at radius 3 is 2.21 bits per heavy atom. The van der Waals surface area contributed by atoms with E-state index < -0.39 is 0 Å². The molecule has 0 unspecified atom stereocenters. The Balaban J connectivity index is 2.15. The van der Waals surface area contributed by atoms with E-state index in [2.05, 4.69) is 40.0 Å². The van der Waals surface area contributed by atoms with Gasteiger partial charge in [0.05, 0.1) is 7.05 Å². The summed E-state index contributed by atoms with van der Waals surface area (Å²) in [4.78, 5) is 11.0. The van der Waals surface area contributed by atoms with Crippen LogP contribution in [0.3, 0.4) is 0 Å². The molecule has 0 radical (unpaired) electrons.